The molecule has 0 unspecified atom stereocenters. The summed E-state index contributed by atoms with van der Waals surface area (Å²) in [5.41, 5.74) is 1.09. The van der Waals surface area contributed by atoms with E-state index in [1.165, 1.54) is 6.42 Å². The topological polar surface area (TPSA) is 43.2 Å². The SMILES string of the molecule is CC.CC.CCCN(C)CCc1cn(CCCCOC(C)C)nn1. The Labute approximate surface area is 150 Å². The lowest BCUT2D eigenvalue weighted by Gasteiger charge is -2.13. The lowest BCUT2D eigenvalue weighted by molar-refractivity contribution is 0.0753. The van der Waals surface area contributed by atoms with E-state index in [4.69, 9.17) is 4.74 Å². The number of hydrogen-bond acceptors (Lipinski definition) is 4. The Morgan fingerprint density at radius 2 is 1.79 bits per heavy atom. The summed E-state index contributed by atoms with van der Waals surface area (Å²) in [5.74, 6) is 0. The summed E-state index contributed by atoms with van der Waals surface area (Å²) in [6.07, 6.45) is 6.74. The fourth-order valence-electron chi connectivity index (χ4n) is 2.06. The first-order valence-electron chi connectivity index (χ1n) is 9.81. The van der Waals surface area contributed by atoms with Crippen LogP contribution in [0.1, 0.15) is 73.4 Å². The minimum Gasteiger partial charge on any atom is -0.379 e. The van der Waals surface area contributed by atoms with E-state index in [1.807, 2.05) is 32.4 Å². The lowest BCUT2D eigenvalue weighted by atomic mass is 10.3. The number of aryl methyl sites for hydroxylation is 1. The molecule has 0 fully saturated rings. The molecule has 24 heavy (non-hydrogen) atoms. The zero-order chi connectivity index (χ0) is 18.8. The van der Waals surface area contributed by atoms with Crippen molar-refractivity contribution < 1.29 is 4.74 Å². The van der Waals surface area contributed by atoms with Crippen LogP contribution in [0.15, 0.2) is 6.20 Å². The maximum Gasteiger partial charge on any atom is 0.0839 e. The zero-order valence-corrected chi connectivity index (χ0v) is 17.5. The summed E-state index contributed by atoms with van der Waals surface area (Å²) >= 11 is 0. The maximum absolute atomic E-state index is 5.52. The molecule has 1 heterocycles. The van der Waals surface area contributed by atoms with E-state index < -0.39 is 0 Å². The second kappa shape index (κ2) is 18.4. The third-order valence-corrected chi connectivity index (χ3v) is 3.17. The average molecular weight is 343 g/mol. The number of ether oxygens (including phenoxy) is 1. The van der Waals surface area contributed by atoms with Gasteiger partial charge in [0.05, 0.1) is 11.8 Å². The molecule has 5 nitrogen and oxygen atoms in total. The summed E-state index contributed by atoms with van der Waals surface area (Å²) in [4.78, 5) is 2.34. The number of aromatic nitrogens is 3. The van der Waals surface area contributed by atoms with Crippen LogP contribution in [-0.2, 0) is 17.7 Å². The van der Waals surface area contributed by atoms with Gasteiger partial charge in [0.25, 0.3) is 0 Å². The summed E-state index contributed by atoms with van der Waals surface area (Å²) in [6, 6.07) is 0. The summed E-state index contributed by atoms with van der Waals surface area (Å²) < 4.78 is 7.47. The molecule has 1 rings (SSSR count). The van der Waals surface area contributed by atoms with Crippen molar-refractivity contribution in [3.8, 4) is 0 Å². The van der Waals surface area contributed by atoms with Gasteiger partial charge in [0.1, 0.15) is 0 Å². The molecule has 0 aliphatic heterocycles. The van der Waals surface area contributed by atoms with Gasteiger partial charge in [-0.25, -0.2) is 0 Å². The van der Waals surface area contributed by atoms with Crippen LogP contribution in [0.2, 0.25) is 0 Å². The van der Waals surface area contributed by atoms with Crippen LogP contribution in [0, 0.1) is 0 Å². The van der Waals surface area contributed by atoms with Crippen LogP contribution in [0.4, 0.5) is 0 Å². The number of hydrogen-bond donors (Lipinski definition) is 0. The summed E-state index contributed by atoms with van der Waals surface area (Å²) in [7, 11) is 2.16. The Morgan fingerprint density at radius 1 is 1.12 bits per heavy atom. The fraction of sp³-hybridized carbons (Fsp3) is 0.895. The average Bonchev–Trinajstić information content (AvgIpc) is 3.04. The van der Waals surface area contributed by atoms with Gasteiger partial charge < -0.3 is 9.64 Å². The van der Waals surface area contributed by atoms with Gasteiger partial charge in [0.15, 0.2) is 0 Å². The van der Waals surface area contributed by atoms with Gasteiger partial charge in [-0.3, -0.25) is 4.68 Å². The van der Waals surface area contributed by atoms with Crippen molar-refractivity contribution in [3.05, 3.63) is 11.9 Å². The van der Waals surface area contributed by atoms with Crippen molar-refractivity contribution in [3.63, 3.8) is 0 Å². The quantitative estimate of drug-likeness (QED) is 0.558. The molecule has 1 aromatic heterocycles. The highest BCUT2D eigenvalue weighted by Crippen LogP contribution is 2.00. The molecule has 0 aliphatic carbocycles. The van der Waals surface area contributed by atoms with Crippen LogP contribution >= 0.6 is 0 Å². The van der Waals surface area contributed by atoms with Crippen LogP contribution < -0.4 is 0 Å². The van der Waals surface area contributed by atoms with Crippen LogP contribution in [0.3, 0.4) is 0 Å². The highest BCUT2D eigenvalue weighted by atomic mass is 16.5. The van der Waals surface area contributed by atoms with Gasteiger partial charge in [-0.05, 0) is 46.7 Å². The summed E-state index contributed by atoms with van der Waals surface area (Å²) in [5, 5.41) is 8.41. The highest BCUT2D eigenvalue weighted by Gasteiger charge is 2.03. The third kappa shape index (κ3) is 14.6. The smallest absolute Gasteiger partial charge is 0.0839 e. The molecular formula is C19H42N4O. The number of nitrogens with zero attached hydrogens (tertiary/aromatic N) is 4. The second-order valence-corrected chi connectivity index (χ2v) is 5.65. The molecule has 0 aromatic carbocycles. The molecule has 0 spiro atoms. The Bertz CT molecular complexity index is 353. The number of rotatable bonds is 11. The predicted octanol–water partition coefficient (Wildman–Crippen LogP) is 4.42. The molecule has 0 saturated heterocycles. The van der Waals surface area contributed by atoms with E-state index in [9.17, 15) is 0 Å². The van der Waals surface area contributed by atoms with Gasteiger partial charge in [0, 0.05) is 32.3 Å². The maximum atomic E-state index is 5.52. The van der Waals surface area contributed by atoms with Crippen LogP contribution in [0.25, 0.3) is 0 Å². The van der Waals surface area contributed by atoms with Crippen molar-refractivity contribution >= 4 is 0 Å². The normalized spacial score (nSPS) is 10.2. The molecule has 0 radical (unpaired) electrons. The monoisotopic (exact) mass is 342 g/mol. The minimum atomic E-state index is 0.327. The lowest BCUT2D eigenvalue weighted by Crippen LogP contribution is -2.21. The van der Waals surface area contributed by atoms with E-state index in [1.54, 1.807) is 0 Å². The molecule has 0 amide bonds. The highest BCUT2D eigenvalue weighted by molar-refractivity contribution is 4.92. The van der Waals surface area contributed by atoms with E-state index in [0.29, 0.717) is 6.10 Å². The van der Waals surface area contributed by atoms with Crippen LogP contribution in [-0.4, -0.2) is 52.7 Å². The van der Waals surface area contributed by atoms with Gasteiger partial charge in [-0.2, -0.15) is 0 Å². The molecule has 0 N–H and O–H groups in total. The van der Waals surface area contributed by atoms with E-state index in [0.717, 1.165) is 51.2 Å². The third-order valence-electron chi connectivity index (χ3n) is 3.17. The first kappa shape index (κ1) is 25.3. The Hall–Kier alpha value is -0.940. The van der Waals surface area contributed by atoms with Gasteiger partial charge in [-0.15, -0.1) is 5.10 Å². The van der Waals surface area contributed by atoms with Crippen LogP contribution in [0.5, 0.6) is 0 Å². The minimum absolute atomic E-state index is 0.327. The molecule has 5 heteroatoms. The van der Waals surface area contributed by atoms with Crippen molar-refractivity contribution in [1.82, 2.24) is 19.9 Å². The Kier molecular flexibility index (Phi) is 19.4. The van der Waals surface area contributed by atoms with E-state index >= 15 is 0 Å². The predicted molar refractivity (Wildman–Crippen MR) is 105 cm³/mol. The first-order valence-corrected chi connectivity index (χ1v) is 9.81. The molecule has 1 aromatic rings. The molecule has 0 saturated carbocycles. The molecule has 0 bridgehead atoms. The molecule has 0 aliphatic rings. The number of likely N-dealkylation sites (N-methyl/N-ethyl adjacent to an activating group) is 1. The summed E-state index contributed by atoms with van der Waals surface area (Å²) in [6.45, 7) is 18.3. The van der Waals surface area contributed by atoms with Crippen molar-refractivity contribution in [2.24, 2.45) is 0 Å². The largest absolute Gasteiger partial charge is 0.379 e. The fourth-order valence-corrected chi connectivity index (χ4v) is 2.06. The Balaban J connectivity index is 0. The molecule has 0 atom stereocenters. The van der Waals surface area contributed by atoms with Crippen molar-refractivity contribution in [2.45, 2.75) is 86.8 Å². The van der Waals surface area contributed by atoms with E-state index in [-0.39, 0.29) is 0 Å². The Morgan fingerprint density at radius 3 is 2.38 bits per heavy atom. The standard InChI is InChI=1S/C15H30N4O.2C2H6/c1-5-9-18(4)11-8-15-13-19(17-16-15)10-6-7-12-20-14(2)3;2*1-2/h13-14H,5-12H2,1-4H3;2*1-2H3. The molecular weight excluding hydrogens is 300 g/mol. The first-order chi connectivity index (χ1) is 11.6. The van der Waals surface area contributed by atoms with Gasteiger partial charge in [-0.1, -0.05) is 39.8 Å². The van der Waals surface area contributed by atoms with E-state index in [2.05, 4.69) is 49.2 Å². The second-order valence-electron chi connectivity index (χ2n) is 5.65. The molecule has 144 valence electrons. The zero-order valence-electron chi connectivity index (χ0n) is 17.5. The van der Waals surface area contributed by atoms with Crippen molar-refractivity contribution in [1.29, 1.82) is 0 Å². The van der Waals surface area contributed by atoms with Gasteiger partial charge >= 0.3 is 0 Å². The number of unbranched alkanes of at least 4 members (excludes halogenated alkanes) is 1. The van der Waals surface area contributed by atoms with Gasteiger partial charge in [0.2, 0.25) is 0 Å². The van der Waals surface area contributed by atoms with Crippen molar-refractivity contribution in [2.75, 3.05) is 26.7 Å².